The average molecular weight is 401 g/mol. The molecule has 1 aromatic heterocycles. The number of aromatic nitrogens is 1. The highest BCUT2D eigenvalue weighted by Crippen LogP contribution is 2.18. The largest absolute Gasteiger partial charge is 0.478 e. The van der Waals surface area contributed by atoms with Crippen molar-refractivity contribution in [3.05, 3.63) is 45.2 Å². The van der Waals surface area contributed by atoms with E-state index in [0.717, 1.165) is 3.57 Å². The van der Waals surface area contributed by atoms with Gasteiger partial charge in [0.2, 0.25) is 5.89 Å². The number of urea groups is 1. The Morgan fingerprint density at radius 1 is 1.43 bits per heavy atom. The number of carbonyl (C=O) groups excluding carboxylic acids is 1. The summed E-state index contributed by atoms with van der Waals surface area (Å²) in [5, 5.41) is 14.1. The lowest BCUT2D eigenvalue weighted by molar-refractivity contribution is 0.0698. The third-order valence-corrected chi connectivity index (χ3v) is 3.20. The van der Waals surface area contributed by atoms with E-state index in [1.165, 1.54) is 6.07 Å². The van der Waals surface area contributed by atoms with E-state index in [0.29, 0.717) is 11.7 Å². The van der Waals surface area contributed by atoms with Crippen molar-refractivity contribution < 1.29 is 19.1 Å². The quantitative estimate of drug-likeness (QED) is 0.684. The molecule has 0 radical (unpaired) electrons. The minimum absolute atomic E-state index is 0.0315. The van der Waals surface area contributed by atoms with E-state index in [-0.39, 0.29) is 17.8 Å². The number of hydrogen-bond donors (Lipinski definition) is 3. The molecule has 0 atom stereocenters. The van der Waals surface area contributed by atoms with Gasteiger partial charge in [0.1, 0.15) is 5.76 Å². The number of nitrogens with one attached hydrogen (secondary N) is 2. The van der Waals surface area contributed by atoms with Crippen LogP contribution in [0.3, 0.4) is 0 Å². The zero-order valence-electron chi connectivity index (χ0n) is 11.0. The van der Waals surface area contributed by atoms with E-state index in [4.69, 9.17) is 9.52 Å². The van der Waals surface area contributed by atoms with Crippen LogP contribution >= 0.6 is 22.6 Å². The van der Waals surface area contributed by atoms with Crippen molar-refractivity contribution in [1.82, 2.24) is 10.3 Å². The van der Waals surface area contributed by atoms with Crippen LogP contribution in [-0.4, -0.2) is 22.1 Å². The molecule has 0 aliphatic carbocycles. The third-order valence-electron chi connectivity index (χ3n) is 2.53. The number of rotatable bonds is 4. The van der Waals surface area contributed by atoms with Gasteiger partial charge in [0, 0.05) is 3.57 Å². The molecule has 1 aromatic carbocycles. The molecule has 0 saturated heterocycles. The van der Waals surface area contributed by atoms with Gasteiger partial charge in [-0.2, -0.15) is 0 Å². The number of aryl methyl sites for hydroxylation is 1. The molecule has 21 heavy (non-hydrogen) atoms. The van der Waals surface area contributed by atoms with Crippen molar-refractivity contribution in [3.63, 3.8) is 0 Å². The first-order valence-corrected chi connectivity index (χ1v) is 7.02. The molecule has 7 nitrogen and oxygen atoms in total. The molecule has 0 unspecified atom stereocenters. The molecule has 0 spiro atoms. The van der Waals surface area contributed by atoms with E-state index < -0.39 is 12.0 Å². The summed E-state index contributed by atoms with van der Waals surface area (Å²) in [7, 11) is 0. The van der Waals surface area contributed by atoms with Crippen LogP contribution in [0.1, 0.15) is 22.0 Å². The van der Waals surface area contributed by atoms with Crippen LogP contribution in [0, 0.1) is 10.5 Å². The number of anilines is 1. The molecule has 0 saturated carbocycles. The second-order valence-electron chi connectivity index (χ2n) is 4.17. The summed E-state index contributed by atoms with van der Waals surface area (Å²) in [4.78, 5) is 26.9. The van der Waals surface area contributed by atoms with E-state index in [1.807, 2.05) is 22.6 Å². The third kappa shape index (κ3) is 4.18. The predicted molar refractivity (Wildman–Crippen MR) is 83.2 cm³/mol. The average Bonchev–Trinajstić information content (AvgIpc) is 2.84. The lowest BCUT2D eigenvalue weighted by Gasteiger charge is -2.09. The van der Waals surface area contributed by atoms with Gasteiger partial charge < -0.3 is 20.2 Å². The van der Waals surface area contributed by atoms with Gasteiger partial charge >= 0.3 is 12.0 Å². The summed E-state index contributed by atoms with van der Waals surface area (Å²) >= 11 is 2.00. The lowest BCUT2D eigenvalue weighted by atomic mass is 10.2. The van der Waals surface area contributed by atoms with Gasteiger partial charge in [-0.15, -0.1) is 0 Å². The fourth-order valence-electron chi connectivity index (χ4n) is 1.61. The van der Waals surface area contributed by atoms with Gasteiger partial charge in [-0.1, -0.05) is 0 Å². The highest BCUT2D eigenvalue weighted by Gasteiger charge is 2.13. The van der Waals surface area contributed by atoms with Gasteiger partial charge in [0.25, 0.3) is 0 Å². The lowest BCUT2D eigenvalue weighted by Crippen LogP contribution is -2.29. The molecule has 8 heteroatoms. The number of hydrogen-bond acceptors (Lipinski definition) is 4. The molecule has 0 bridgehead atoms. The monoisotopic (exact) mass is 401 g/mol. The van der Waals surface area contributed by atoms with Crippen LogP contribution in [-0.2, 0) is 6.54 Å². The Balaban J connectivity index is 2.01. The van der Waals surface area contributed by atoms with Crippen molar-refractivity contribution in [3.8, 4) is 0 Å². The Kier molecular flexibility index (Phi) is 4.78. The number of nitrogens with zero attached hydrogens (tertiary/aromatic N) is 1. The zero-order valence-corrected chi connectivity index (χ0v) is 13.2. The Morgan fingerprint density at radius 2 is 2.19 bits per heavy atom. The molecule has 0 aliphatic rings. The molecular weight excluding hydrogens is 389 g/mol. The minimum Gasteiger partial charge on any atom is -0.478 e. The van der Waals surface area contributed by atoms with Crippen LogP contribution in [0.5, 0.6) is 0 Å². The summed E-state index contributed by atoms with van der Waals surface area (Å²) in [6.07, 6.45) is 1.55. The van der Waals surface area contributed by atoms with Crippen molar-refractivity contribution in [2.75, 3.05) is 5.32 Å². The number of oxazole rings is 1. The van der Waals surface area contributed by atoms with Crippen LogP contribution in [0.15, 0.2) is 28.8 Å². The van der Waals surface area contributed by atoms with Crippen LogP contribution in [0.25, 0.3) is 0 Å². The first-order chi connectivity index (χ1) is 9.95. The van der Waals surface area contributed by atoms with Crippen molar-refractivity contribution in [2.45, 2.75) is 13.5 Å². The number of amides is 2. The molecule has 1 heterocycles. The first kappa shape index (κ1) is 15.3. The van der Waals surface area contributed by atoms with E-state index in [9.17, 15) is 9.59 Å². The summed E-state index contributed by atoms with van der Waals surface area (Å²) < 4.78 is 5.98. The molecule has 0 aliphatic heterocycles. The Labute approximate surface area is 133 Å². The van der Waals surface area contributed by atoms with Gasteiger partial charge in [-0.3, -0.25) is 0 Å². The van der Waals surface area contributed by atoms with Crippen LogP contribution < -0.4 is 10.6 Å². The smallest absolute Gasteiger partial charge is 0.337 e. The van der Waals surface area contributed by atoms with Crippen molar-refractivity contribution in [1.29, 1.82) is 0 Å². The number of carbonyl (C=O) groups is 2. The topological polar surface area (TPSA) is 104 Å². The van der Waals surface area contributed by atoms with Crippen molar-refractivity contribution >= 4 is 40.3 Å². The Hall–Kier alpha value is -2.10. The maximum absolute atomic E-state index is 11.8. The molecule has 3 N–H and O–H groups in total. The van der Waals surface area contributed by atoms with E-state index in [1.54, 1.807) is 25.3 Å². The van der Waals surface area contributed by atoms with Gasteiger partial charge in [-0.05, 0) is 47.7 Å². The van der Waals surface area contributed by atoms with Crippen LogP contribution in [0.2, 0.25) is 0 Å². The maximum Gasteiger partial charge on any atom is 0.337 e. The number of carboxylic acids is 1. The molecule has 2 aromatic rings. The standard InChI is InChI=1S/C13H12IN3O4/c1-7-5-15-11(21-7)6-16-13(20)17-10-3-2-8(14)4-9(10)12(18)19/h2-5H,6H2,1H3,(H,18,19)(H2,16,17,20). The normalized spacial score (nSPS) is 10.2. The highest BCUT2D eigenvalue weighted by molar-refractivity contribution is 14.1. The second-order valence-corrected chi connectivity index (χ2v) is 5.41. The maximum atomic E-state index is 11.8. The van der Waals surface area contributed by atoms with Gasteiger partial charge in [-0.25, -0.2) is 14.6 Å². The zero-order chi connectivity index (χ0) is 15.4. The summed E-state index contributed by atoms with van der Waals surface area (Å²) in [6, 6.07) is 4.20. The van der Waals surface area contributed by atoms with Gasteiger partial charge in [0.05, 0.1) is 24.0 Å². The fraction of sp³-hybridized carbons (Fsp3) is 0.154. The van der Waals surface area contributed by atoms with Gasteiger partial charge in [0.15, 0.2) is 0 Å². The molecule has 0 fully saturated rings. The molecule has 2 rings (SSSR count). The molecule has 2 amide bonds. The van der Waals surface area contributed by atoms with Crippen molar-refractivity contribution in [2.24, 2.45) is 0 Å². The predicted octanol–water partition coefficient (Wildman–Crippen LogP) is 2.61. The van der Waals surface area contributed by atoms with E-state index >= 15 is 0 Å². The minimum atomic E-state index is -1.10. The first-order valence-electron chi connectivity index (χ1n) is 5.94. The SMILES string of the molecule is Cc1cnc(CNC(=O)Nc2ccc(I)cc2C(=O)O)o1. The number of aromatic carboxylic acids is 1. The highest BCUT2D eigenvalue weighted by atomic mass is 127. The Bertz CT molecular complexity index is 684. The number of carboxylic acid groups (broad SMARTS) is 1. The fourth-order valence-corrected chi connectivity index (χ4v) is 2.10. The summed E-state index contributed by atoms with van der Waals surface area (Å²) in [5.74, 6) is -0.0751. The molecular formula is C13H12IN3O4. The number of halogens is 1. The Morgan fingerprint density at radius 3 is 2.81 bits per heavy atom. The number of benzene rings is 1. The van der Waals surface area contributed by atoms with E-state index in [2.05, 4.69) is 15.6 Å². The molecule has 110 valence electrons. The van der Waals surface area contributed by atoms with Crippen LogP contribution in [0.4, 0.5) is 10.5 Å². The summed E-state index contributed by atoms with van der Waals surface area (Å²) in [5.41, 5.74) is 0.257. The second kappa shape index (κ2) is 6.57. The summed E-state index contributed by atoms with van der Waals surface area (Å²) in [6.45, 7) is 1.87.